The first-order valence-corrected chi connectivity index (χ1v) is 6.04. The van der Waals surface area contributed by atoms with E-state index in [0.717, 1.165) is 28.0 Å². The smallest absolute Gasteiger partial charge is 0.248 e. The minimum absolute atomic E-state index is 0.136. The van der Waals surface area contributed by atoms with Crippen LogP contribution in [0, 0.1) is 0 Å². The van der Waals surface area contributed by atoms with Gasteiger partial charge < -0.3 is 15.3 Å². The summed E-state index contributed by atoms with van der Waals surface area (Å²) in [6.07, 6.45) is 1.63. The van der Waals surface area contributed by atoms with E-state index in [4.69, 9.17) is 5.73 Å². The van der Waals surface area contributed by atoms with Crippen LogP contribution >= 0.6 is 0 Å². The van der Waals surface area contributed by atoms with Crippen LogP contribution in [0.25, 0.3) is 22.4 Å². The number of fused-ring (bicyclic) bond motifs is 1. The number of nitrogens with zero attached hydrogens (tertiary/aromatic N) is 2. The van der Waals surface area contributed by atoms with Gasteiger partial charge in [0, 0.05) is 31.4 Å². The molecule has 0 amide bonds. The second kappa shape index (κ2) is 4.37. The van der Waals surface area contributed by atoms with Gasteiger partial charge in [0.1, 0.15) is 5.82 Å². The normalized spacial score (nSPS) is 11.1. The average molecular weight is 254 g/mol. The summed E-state index contributed by atoms with van der Waals surface area (Å²) < 4.78 is 1.98. The molecule has 3 aromatic rings. The lowest BCUT2D eigenvalue weighted by atomic mass is 10.2. The Morgan fingerprint density at radius 3 is 2.95 bits per heavy atom. The molecule has 3 rings (SSSR count). The molecule has 0 spiro atoms. The largest absolute Gasteiger partial charge is 0.329 e. The summed E-state index contributed by atoms with van der Waals surface area (Å²) in [6, 6.07) is 9.32. The molecular formula is C14H14N4O. The van der Waals surface area contributed by atoms with Crippen molar-refractivity contribution in [1.29, 1.82) is 0 Å². The number of hydrogen-bond donors (Lipinski definition) is 2. The highest BCUT2D eigenvalue weighted by Crippen LogP contribution is 2.24. The number of nitrogens with two attached hydrogens (primary N) is 1. The lowest BCUT2D eigenvalue weighted by molar-refractivity contribution is 0.957. The molecule has 96 valence electrons. The topological polar surface area (TPSA) is 76.7 Å². The van der Waals surface area contributed by atoms with Crippen LogP contribution in [0.5, 0.6) is 0 Å². The summed E-state index contributed by atoms with van der Waals surface area (Å²) in [4.78, 5) is 18.6. The molecule has 1 aromatic carbocycles. The van der Waals surface area contributed by atoms with Crippen molar-refractivity contribution in [2.24, 2.45) is 12.8 Å². The molecule has 5 heteroatoms. The van der Waals surface area contributed by atoms with Gasteiger partial charge in [-0.2, -0.15) is 0 Å². The summed E-state index contributed by atoms with van der Waals surface area (Å²) in [5.41, 5.74) is 9.30. The number of pyridine rings is 1. The van der Waals surface area contributed by atoms with Crippen LogP contribution in [-0.2, 0) is 13.6 Å². The molecule has 2 aromatic heterocycles. The third kappa shape index (κ3) is 1.84. The van der Waals surface area contributed by atoms with Crippen molar-refractivity contribution in [3.05, 3.63) is 52.4 Å². The predicted molar refractivity (Wildman–Crippen MR) is 74.7 cm³/mol. The van der Waals surface area contributed by atoms with Crippen LogP contribution < -0.4 is 11.3 Å². The minimum atomic E-state index is -0.136. The number of aryl methyl sites for hydroxylation is 1. The van der Waals surface area contributed by atoms with Gasteiger partial charge in [-0.05, 0) is 17.7 Å². The third-order valence-corrected chi connectivity index (χ3v) is 3.25. The van der Waals surface area contributed by atoms with Gasteiger partial charge >= 0.3 is 0 Å². The Bertz CT molecular complexity index is 801. The molecule has 0 bridgehead atoms. The van der Waals surface area contributed by atoms with Crippen LogP contribution in [0.4, 0.5) is 0 Å². The summed E-state index contributed by atoms with van der Waals surface area (Å²) in [5.74, 6) is 0.766. The molecule has 0 saturated heterocycles. The van der Waals surface area contributed by atoms with Gasteiger partial charge in [-0.15, -0.1) is 0 Å². The maximum atomic E-state index is 11.4. The summed E-state index contributed by atoms with van der Waals surface area (Å²) >= 11 is 0. The molecule has 0 fully saturated rings. The molecule has 0 atom stereocenters. The first kappa shape index (κ1) is 11.7. The zero-order valence-electron chi connectivity index (χ0n) is 10.6. The fourth-order valence-electron chi connectivity index (χ4n) is 2.28. The highest BCUT2D eigenvalue weighted by molar-refractivity contribution is 5.83. The maximum Gasteiger partial charge on any atom is 0.248 e. The number of aromatic amines is 1. The predicted octanol–water partition coefficient (Wildman–Crippen LogP) is 1.39. The lowest BCUT2D eigenvalue weighted by Crippen LogP contribution is -2.03. The summed E-state index contributed by atoms with van der Waals surface area (Å²) in [5, 5.41) is 0. The Morgan fingerprint density at radius 2 is 2.21 bits per heavy atom. The minimum Gasteiger partial charge on any atom is -0.329 e. The molecule has 0 saturated carbocycles. The van der Waals surface area contributed by atoms with E-state index in [1.165, 1.54) is 0 Å². The van der Waals surface area contributed by atoms with Crippen molar-refractivity contribution in [3.63, 3.8) is 0 Å². The van der Waals surface area contributed by atoms with E-state index in [0.29, 0.717) is 6.54 Å². The molecular weight excluding hydrogens is 240 g/mol. The van der Waals surface area contributed by atoms with Crippen LogP contribution in [0.2, 0.25) is 0 Å². The van der Waals surface area contributed by atoms with Crippen molar-refractivity contribution in [1.82, 2.24) is 14.5 Å². The van der Waals surface area contributed by atoms with Crippen LogP contribution in [-0.4, -0.2) is 14.5 Å². The van der Waals surface area contributed by atoms with Gasteiger partial charge in [0.25, 0.3) is 0 Å². The molecule has 5 nitrogen and oxygen atoms in total. The lowest BCUT2D eigenvalue weighted by Gasteiger charge is -2.01. The van der Waals surface area contributed by atoms with Crippen molar-refractivity contribution in [2.75, 3.05) is 0 Å². The fraction of sp³-hybridized carbons (Fsp3) is 0.143. The van der Waals surface area contributed by atoms with E-state index < -0.39 is 0 Å². The zero-order valence-corrected chi connectivity index (χ0v) is 10.6. The number of imidazole rings is 1. The van der Waals surface area contributed by atoms with Gasteiger partial charge in [-0.3, -0.25) is 4.79 Å². The highest BCUT2D eigenvalue weighted by Gasteiger charge is 2.12. The van der Waals surface area contributed by atoms with E-state index >= 15 is 0 Å². The number of nitrogens with one attached hydrogen (secondary N) is 1. The number of rotatable bonds is 2. The SMILES string of the molecule is Cn1c(-c2cc[nH]c(=O)c2)nc2c(CN)cccc21. The first-order chi connectivity index (χ1) is 9.20. The van der Waals surface area contributed by atoms with Crippen LogP contribution in [0.15, 0.2) is 41.3 Å². The molecule has 0 aliphatic carbocycles. The van der Waals surface area contributed by atoms with Crippen molar-refractivity contribution < 1.29 is 0 Å². The number of aromatic nitrogens is 3. The Kier molecular flexibility index (Phi) is 2.68. The Labute approximate surface area is 109 Å². The van der Waals surface area contributed by atoms with Gasteiger partial charge in [-0.25, -0.2) is 4.98 Å². The van der Waals surface area contributed by atoms with Crippen LogP contribution in [0.1, 0.15) is 5.56 Å². The maximum absolute atomic E-state index is 11.4. The Morgan fingerprint density at radius 1 is 1.37 bits per heavy atom. The zero-order chi connectivity index (χ0) is 13.4. The van der Waals surface area contributed by atoms with E-state index in [2.05, 4.69) is 9.97 Å². The Balaban J connectivity index is 2.31. The number of H-pyrrole nitrogens is 1. The second-order valence-corrected chi connectivity index (χ2v) is 4.43. The van der Waals surface area contributed by atoms with Gasteiger partial charge in [0.15, 0.2) is 0 Å². The summed E-state index contributed by atoms with van der Waals surface area (Å²) in [6.45, 7) is 0.448. The molecule has 0 unspecified atom stereocenters. The standard InChI is InChI=1S/C14H14N4O/c1-18-11-4-2-3-10(8-15)13(11)17-14(18)9-5-6-16-12(19)7-9/h2-7H,8,15H2,1H3,(H,16,19). The van der Waals surface area contributed by atoms with Gasteiger partial charge in [0.05, 0.1) is 11.0 Å². The van der Waals surface area contributed by atoms with Crippen molar-refractivity contribution in [3.8, 4) is 11.4 Å². The van der Waals surface area contributed by atoms with Gasteiger partial charge in [0.2, 0.25) is 5.56 Å². The number of hydrogen-bond acceptors (Lipinski definition) is 3. The second-order valence-electron chi connectivity index (χ2n) is 4.43. The highest BCUT2D eigenvalue weighted by atomic mass is 16.1. The van der Waals surface area contributed by atoms with Crippen molar-refractivity contribution >= 4 is 11.0 Å². The average Bonchev–Trinajstić information content (AvgIpc) is 2.76. The quantitative estimate of drug-likeness (QED) is 0.725. The Hall–Kier alpha value is -2.40. The van der Waals surface area contributed by atoms with E-state index in [9.17, 15) is 4.79 Å². The van der Waals surface area contributed by atoms with E-state index in [1.54, 1.807) is 12.3 Å². The van der Waals surface area contributed by atoms with E-state index in [-0.39, 0.29) is 5.56 Å². The van der Waals surface area contributed by atoms with Crippen molar-refractivity contribution in [2.45, 2.75) is 6.54 Å². The third-order valence-electron chi connectivity index (χ3n) is 3.25. The number of benzene rings is 1. The molecule has 0 aliphatic heterocycles. The molecule has 0 radical (unpaired) electrons. The monoisotopic (exact) mass is 254 g/mol. The first-order valence-electron chi connectivity index (χ1n) is 6.04. The molecule has 19 heavy (non-hydrogen) atoms. The van der Waals surface area contributed by atoms with Gasteiger partial charge in [-0.1, -0.05) is 12.1 Å². The van der Waals surface area contributed by atoms with E-state index in [1.807, 2.05) is 35.9 Å². The molecule has 0 aliphatic rings. The number of para-hydroxylation sites is 1. The van der Waals surface area contributed by atoms with Crippen LogP contribution in [0.3, 0.4) is 0 Å². The molecule has 3 N–H and O–H groups in total. The molecule has 2 heterocycles. The summed E-state index contributed by atoms with van der Waals surface area (Å²) in [7, 11) is 1.94. The fourth-order valence-corrected chi connectivity index (χ4v) is 2.28.